The second-order valence-electron chi connectivity index (χ2n) is 13.0. The third-order valence-electron chi connectivity index (χ3n) is 11.5. The molecule has 4 aliphatic carbocycles. The van der Waals surface area contributed by atoms with E-state index < -0.39 is 0 Å². The van der Waals surface area contributed by atoms with Crippen molar-refractivity contribution in [3.05, 3.63) is 37.0 Å². The van der Waals surface area contributed by atoms with Gasteiger partial charge in [0.2, 0.25) is 0 Å². The van der Waals surface area contributed by atoms with E-state index in [2.05, 4.69) is 57.5 Å². The summed E-state index contributed by atoms with van der Waals surface area (Å²) in [5.41, 5.74) is 2.96. The summed E-state index contributed by atoms with van der Waals surface area (Å²) >= 11 is 0. The maximum absolute atomic E-state index is 5.00. The van der Waals surface area contributed by atoms with Crippen LogP contribution in [0.15, 0.2) is 42.1 Å². The van der Waals surface area contributed by atoms with E-state index in [4.69, 9.17) is 11.7 Å². The summed E-state index contributed by atoms with van der Waals surface area (Å²) in [6, 6.07) is 0.512. The second-order valence-corrected chi connectivity index (χ2v) is 13.0. The summed E-state index contributed by atoms with van der Waals surface area (Å²) < 4.78 is 0. The second kappa shape index (κ2) is 9.26. The molecule has 0 aromatic heterocycles. The Balaban J connectivity index is 1.31. The molecule has 3 heteroatoms. The number of allylic oxidation sites excluding steroid dienone is 2. The molecule has 1 aliphatic heterocycles. The third kappa shape index (κ3) is 3.85. The molecule has 0 bridgehead atoms. The molecule has 0 saturated heterocycles. The predicted octanol–water partition coefficient (Wildman–Crippen LogP) is 7.49. The molecular weight excluding hydrogens is 414 g/mol. The Morgan fingerprint density at radius 2 is 1.82 bits per heavy atom. The standard InChI is InChI=1S/C31H49N3/c1-8-9-10-30-23(5)33(7)34(32-30)22(4)21(3)28-15-16-29-27-14-12-24-19-20(2)11-13-25(24)26(27)17-18-31(28,29)6/h8-10,20,22-29H,1,3,11-19H2,2,4-7H3/b10-9-. The van der Waals surface area contributed by atoms with Gasteiger partial charge in [-0.15, -0.1) is 0 Å². The van der Waals surface area contributed by atoms with Crippen LogP contribution in [0.3, 0.4) is 0 Å². The molecule has 1 heterocycles. The highest BCUT2D eigenvalue weighted by Gasteiger charge is 2.57. The first-order valence-corrected chi connectivity index (χ1v) is 14.3. The van der Waals surface area contributed by atoms with Crippen molar-refractivity contribution in [1.29, 1.82) is 0 Å². The molecule has 10 atom stereocenters. The molecule has 5 aliphatic rings. The fourth-order valence-corrected chi connectivity index (χ4v) is 9.48. The average Bonchev–Trinajstić information content (AvgIpc) is 3.32. The number of hydrogen-bond donors (Lipinski definition) is 0. The fourth-order valence-electron chi connectivity index (χ4n) is 9.48. The molecule has 4 saturated carbocycles. The lowest BCUT2D eigenvalue weighted by Crippen LogP contribution is -2.50. The van der Waals surface area contributed by atoms with Gasteiger partial charge in [0.05, 0.1) is 17.8 Å². The van der Waals surface area contributed by atoms with Crippen molar-refractivity contribution in [2.24, 2.45) is 51.9 Å². The first kappa shape index (κ1) is 24.3. The van der Waals surface area contributed by atoms with Gasteiger partial charge in [-0.25, -0.2) is 5.12 Å². The first-order valence-electron chi connectivity index (χ1n) is 14.3. The van der Waals surface area contributed by atoms with E-state index in [0.29, 0.717) is 11.3 Å². The largest absolute Gasteiger partial charge is 0.220 e. The molecule has 34 heavy (non-hydrogen) atoms. The maximum atomic E-state index is 5.00. The van der Waals surface area contributed by atoms with Crippen LogP contribution in [0.2, 0.25) is 0 Å². The Morgan fingerprint density at radius 3 is 2.59 bits per heavy atom. The molecule has 10 unspecified atom stereocenters. The molecule has 4 fully saturated rings. The van der Waals surface area contributed by atoms with Crippen LogP contribution in [-0.2, 0) is 0 Å². The molecule has 5 rings (SSSR count). The summed E-state index contributed by atoms with van der Waals surface area (Å²) in [5, 5.41) is 9.49. The minimum atomic E-state index is 0.232. The third-order valence-corrected chi connectivity index (χ3v) is 11.5. The molecule has 0 aromatic carbocycles. The number of rotatable bonds is 5. The van der Waals surface area contributed by atoms with Crippen LogP contribution in [-0.4, -0.2) is 35.0 Å². The topological polar surface area (TPSA) is 18.8 Å². The van der Waals surface area contributed by atoms with Crippen LogP contribution in [0.1, 0.15) is 85.5 Å². The van der Waals surface area contributed by atoms with Gasteiger partial charge in [0.15, 0.2) is 0 Å². The lowest BCUT2D eigenvalue weighted by atomic mass is 9.49. The first-order chi connectivity index (χ1) is 16.3. The highest BCUT2D eigenvalue weighted by molar-refractivity contribution is 5.99. The Morgan fingerprint density at radius 1 is 1.06 bits per heavy atom. The van der Waals surface area contributed by atoms with Crippen LogP contribution in [0, 0.1) is 46.8 Å². The molecular formula is C31H49N3. The quantitative estimate of drug-likeness (QED) is 0.311. The van der Waals surface area contributed by atoms with Gasteiger partial charge in [0.1, 0.15) is 0 Å². The van der Waals surface area contributed by atoms with Crippen molar-refractivity contribution in [3.63, 3.8) is 0 Å². The Bertz CT molecular complexity index is 857. The van der Waals surface area contributed by atoms with Crippen LogP contribution >= 0.6 is 0 Å². The van der Waals surface area contributed by atoms with E-state index in [9.17, 15) is 0 Å². The van der Waals surface area contributed by atoms with E-state index in [1.807, 2.05) is 12.2 Å². The highest BCUT2D eigenvalue weighted by Crippen LogP contribution is 2.65. The molecule has 0 aromatic rings. The van der Waals surface area contributed by atoms with Crippen molar-refractivity contribution in [1.82, 2.24) is 10.1 Å². The number of fused-ring (bicyclic) bond motifs is 5. The van der Waals surface area contributed by atoms with Crippen molar-refractivity contribution in [2.45, 2.75) is 97.6 Å². The van der Waals surface area contributed by atoms with Crippen molar-refractivity contribution in [3.8, 4) is 0 Å². The van der Waals surface area contributed by atoms with Crippen molar-refractivity contribution >= 4 is 5.71 Å². The highest BCUT2D eigenvalue weighted by atomic mass is 15.8. The van der Waals surface area contributed by atoms with E-state index in [1.165, 1.54) is 63.4 Å². The Hall–Kier alpha value is -1.35. The zero-order valence-electron chi connectivity index (χ0n) is 22.5. The predicted molar refractivity (Wildman–Crippen MR) is 144 cm³/mol. The van der Waals surface area contributed by atoms with E-state index >= 15 is 0 Å². The molecule has 0 amide bonds. The smallest absolute Gasteiger partial charge is 0.0827 e. The Labute approximate surface area is 209 Å². The molecule has 3 nitrogen and oxygen atoms in total. The summed E-state index contributed by atoms with van der Waals surface area (Å²) in [6.45, 7) is 18.3. The molecule has 0 spiro atoms. The molecule has 0 radical (unpaired) electrons. The minimum absolute atomic E-state index is 0.232. The summed E-state index contributed by atoms with van der Waals surface area (Å²) in [6.07, 6.45) is 19.1. The van der Waals surface area contributed by atoms with Gasteiger partial charge in [-0.05, 0) is 124 Å². The van der Waals surface area contributed by atoms with E-state index in [0.717, 1.165) is 41.2 Å². The number of nitrogens with zero attached hydrogens (tertiary/aromatic N) is 3. The molecule has 0 N–H and O–H groups in total. The van der Waals surface area contributed by atoms with E-state index in [-0.39, 0.29) is 12.1 Å². The van der Waals surface area contributed by atoms with Crippen LogP contribution in [0.25, 0.3) is 0 Å². The summed E-state index contributed by atoms with van der Waals surface area (Å²) in [7, 11) is 2.17. The zero-order valence-corrected chi connectivity index (χ0v) is 22.5. The number of hydrogen-bond acceptors (Lipinski definition) is 3. The van der Waals surface area contributed by atoms with Crippen molar-refractivity contribution < 1.29 is 0 Å². The van der Waals surface area contributed by atoms with Gasteiger partial charge in [-0.2, -0.15) is 10.1 Å². The van der Waals surface area contributed by atoms with Gasteiger partial charge >= 0.3 is 0 Å². The maximum Gasteiger partial charge on any atom is 0.0827 e. The lowest BCUT2D eigenvalue weighted by Gasteiger charge is -2.56. The normalized spacial score (nSPS) is 45.4. The Kier molecular flexibility index (Phi) is 6.63. The summed E-state index contributed by atoms with van der Waals surface area (Å²) in [5.74, 6) is 6.57. The van der Waals surface area contributed by atoms with Crippen molar-refractivity contribution in [2.75, 3.05) is 7.05 Å². The van der Waals surface area contributed by atoms with Gasteiger partial charge < -0.3 is 0 Å². The van der Waals surface area contributed by atoms with Crippen LogP contribution in [0.5, 0.6) is 0 Å². The summed E-state index contributed by atoms with van der Waals surface area (Å²) in [4.78, 5) is 0. The zero-order chi connectivity index (χ0) is 24.2. The van der Waals surface area contributed by atoms with Gasteiger partial charge in [0.25, 0.3) is 0 Å². The lowest BCUT2D eigenvalue weighted by molar-refractivity contribution is -0.0670. The SMILES string of the molecule is C=C/C=C\C1=NN(C(C)C(=C)C2CCC3C4CCC5CC(C)CCC5C4CCC23C)N(C)C1C. The monoisotopic (exact) mass is 463 g/mol. The minimum Gasteiger partial charge on any atom is -0.220 e. The van der Waals surface area contributed by atoms with E-state index in [1.54, 1.807) is 0 Å². The van der Waals surface area contributed by atoms with Gasteiger partial charge in [0, 0.05) is 7.05 Å². The fraction of sp³-hybridized carbons (Fsp3) is 0.774. The number of hydrazine groups is 1. The number of hydrazone groups is 1. The van der Waals surface area contributed by atoms with Gasteiger partial charge in [-0.1, -0.05) is 45.6 Å². The molecule has 188 valence electrons. The average molecular weight is 464 g/mol. The van der Waals surface area contributed by atoms with Gasteiger partial charge in [-0.3, -0.25) is 0 Å². The van der Waals surface area contributed by atoms with Crippen LogP contribution in [0.4, 0.5) is 0 Å². The van der Waals surface area contributed by atoms with Crippen LogP contribution < -0.4 is 0 Å².